The SMILES string of the molecule is CCCCCCC(=O)N(CCc1ccccc1)CC(=O)Nc1cc(C(C)(C)C)nn1-c1ccccc1C. The van der Waals surface area contributed by atoms with Crippen molar-refractivity contribution in [1.29, 1.82) is 0 Å². The quantitative estimate of drug-likeness (QED) is 0.289. The molecule has 3 rings (SSSR count). The molecule has 0 atom stereocenters. The molecule has 2 amide bonds. The minimum atomic E-state index is -0.217. The predicted octanol–water partition coefficient (Wildman–Crippen LogP) is 6.46. The Balaban J connectivity index is 1.78. The van der Waals surface area contributed by atoms with Gasteiger partial charge in [0.05, 0.1) is 17.9 Å². The number of anilines is 1. The second-order valence-corrected chi connectivity index (χ2v) is 10.8. The zero-order valence-electron chi connectivity index (χ0n) is 23.1. The number of hydrogen-bond donors (Lipinski definition) is 1. The van der Waals surface area contributed by atoms with Crippen molar-refractivity contribution in [3.8, 4) is 5.69 Å². The second kappa shape index (κ2) is 13.2. The molecule has 2 aromatic carbocycles. The van der Waals surface area contributed by atoms with Crippen LogP contribution in [0.1, 0.15) is 76.6 Å². The molecule has 37 heavy (non-hydrogen) atoms. The van der Waals surface area contributed by atoms with E-state index >= 15 is 0 Å². The lowest BCUT2D eigenvalue weighted by atomic mass is 9.92. The highest BCUT2D eigenvalue weighted by atomic mass is 16.2. The third-order valence-electron chi connectivity index (χ3n) is 6.53. The molecule has 198 valence electrons. The molecule has 1 aromatic heterocycles. The van der Waals surface area contributed by atoms with Gasteiger partial charge < -0.3 is 10.2 Å². The van der Waals surface area contributed by atoms with Gasteiger partial charge in [-0.25, -0.2) is 4.68 Å². The van der Waals surface area contributed by atoms with E-state index in [1.54, 1.807) is 9.58 Å². The Morgan fingerprint density at radius 1 is 0.973 bits per heavy atom. The third-order valence-corrected chi connectivity index (χ3v) is 6.53. The summed E-state index contributed by atoms with van der Waals surface area (Å²) in [6, 6.07) is 20.0. The minimum Gasteiger partial charge on any atom is -0.333 e. The van der Waals surface area contributed by atoms with E-state index < -0.39 is 0 Å². The van der Waals surface area contributed by atoms with Crippen molar-refractivity contribution in [2.24, 2.45) is 0 Å². The van der Waals surface area contributed by atoms with Crippen LogP contribution in [-0.4, -0.2) is 39.6 Å². The van der Waals surface area contributed by atoms with Gasteiger partial charge in [0.2, 0.25) is 11.8 Å². The molecule has 0 spiro atoms. The monoisotopic (exact) mass is 502 g/mol. The van der Waals surface area contributed by atoms with Crippen LogP contribution in [0.25, 0.3) is 5.69 Å². The van der Waals surface area contributed by atoms with E-state index in [0.29, 0.717) is 25.2 Å². The number of amides is 2. The third kappa shape index (κ3) is 8.31. The van der Waals surface area contributed by atoms with E-state index in [2.05, 4.69) is 45.1 Å². The summed E-state index contributed by atoms with van der Waals surface area (Å²) in [4.78, 5) is 28.1. The van der Waals surface area contributed by atoms with Gasteiger partial charge in [-0.1, -0.05) is 95.5 Å². The van der Waals surface area contributed by atoms with Crippen molar-refractivity contribution >= 4 is 17.6 Å². The molecule has 1 N–H and O–H groups in total. The van der Waals surface area contributed by atoms with Gasteiger partial charge in [-0.3, -0.25) is 9.59 Å². The molecule has 6 nitrogen and oxygen atoms in total. The predicted molar refractivity (Wildman–Crippen MR) is 151 cm³/mol. The maximum atomic E-state index is 13.3. The standard InChI is InChI=1S/C31H42N4O2/c1-6-7-8-12-19-30(37)34(21-20-25-16-10-9-11-17-25)23-29(36)32-28-22-27(31(3,4)5)33-35(28)26-18-14-13-15-24(26)2/h9-11,13-18,22H,6-8,12,19-21,23H2,1-5H3,(H,32,36). The maximum absolute atomic E-state index is 13.3. The van der Waals surface area contributed by atoms with Crippen LogP contribution in [0.4, 0.5) is 5.82 Å². The summed E-state index contributed by atoms with van der Waals surface area (Å²) in [5.41, 5.74) is 3.84. The molecular formula is C31H42N4O2. The Bertz CT molecular complexity index is 1160. The fourth-order valence-corrected chi connectivity index (χ4v) is 4.24. The van der Waals surface area contributed by atoms with E-state index in [4.69, 9.17) is 5.10 Å². The van der Waals surface area contributed by atoms with Crippen LogP contribution in [0.3, 0.4) is 0 Å². The number of benzene rings is 2. The largest absolute Gasteiger partial charge is 0.333 e. The molecule has 0 aliphatic carbocycles. The van der Waals surface area contributed by atoms with Crippen LogP contribution >= 0.6 is 0 Å². The number of carbonyl (C=O) groups excluding carboxylic acids is 2. The molecule has 6 heteroatoms. The van der Waals surface area contributed by atoms with E-state index in [9.17, 15) is 9.59 Å². The highest BCUT2D eigenvalue weighted by Crippen LogP contribution is 2.27. The Morgan fingerprint density at radius 2 is 1.68 bits per heavy atom. The molecule has 0 saturated heterocycles. The molecule has 0 unspecified atom stereocenters. The number of rotatable bonds is 12. The van der Waals surface area contributed by atoms with Crippen molar-refractivity contribution in [3.63, 3.8) is 0 Å². The summed E-state index contributed by atoms with van der Waals surface area (Å²) in [6.07, 6.45) is 5.31. The average molecular weight is 503 g/mol. The van der Waals surface area contributed by atoms with Crippen molar-refractivity contribution in [1.82, 2.24) is 14.7 Å². The summed E-state index contributed by atoms with van der Waals surface area (Å²) < 4.78 is 1.80. The fourth-order valence-electron chi connectivity index (χ4n) is 4.24. The van der Waals surface area contributed by atoms with Crippen molar-refractivity contribution in [2.75, 3.05) is 18.4 Å². The van der Waals surface area contributed by atoms with Gasteiger partial charge in [0, 0.05) is 24.4 Å². The van der Waals surface area contributed by atoms with Gasteiger partial charge in [0.15, 0.2) is 0 Å². The van der Waals surface area contributed by atoms with Gasteiger partial charge in [-0.2, -0.15) is 5.10 Å². The molecule has 3 aromatic rings. The first kappa shape index (κ1) is 28.2. The highest BCUT2D eigenvalue weighted by molar-refractivity contribution is 5.94. The number of nitrogens with one attached hydrogen (secondary N) is 1. The topological polar surface area (TPSA) is 67.2 Å². The minimum absolute atomic E-state index is 0.0171. The van der Waals surface area contributed by atoms with Crippen LogP contribution in [0, 0.1) is 6.92 Å². The lowest BCUT2D eigenvalue weighted by Gasteiger charge is -2.22. The Labute approximate surface area is 222 Å². The van der Waals surface area contributed by atoms with Crippen LogP contribution in [0.5, 0.6) is 0 Å². The number of hydrogen-bond acceptors (Lipinski definition) is 3. The first-order chi connectivity index (χ1) is 17.7. The second-order valence-electron chi connectivity index (χ2n) is 10.8. The van der Waals surface area contributed by atoms with Crippen molar-refractivity contribution < 1.29 is 9.59 Å². The zero-order valence-corrected chi connectivity index (χ0v) is 23.1. The van der Waals surface area contributed by atoms with Gasteiger partial charge in [-0.05, 0) is 37.0 Å². The summed E-state index contributed by atoms with van der Waals surface area (Å²) in [6.45, 7) is 11.0. The molecule has 0 radical (unpaired) electrons. The lowest BCUT2D eigenvalue weighted by Crippen LogP contribution is -2.39. The summed E-state index contributed by atoms with van der Waals surface area (Å²) in [5.74, 6) is 0.428. The van der Waals surface area contributed by atoms with Gasteiger partial charge >= 0.3 is 0 Å². The Morgan fingerprint density at radius 3 is 2.35 bits per heavy atom. The fraction of sp³-hybridized carbons (Fsp3) is 0.452. The van der Waals surface area contributed by atoms with Crippen molar-refractivity contribution in [3.05, 3.63) is 77.5 Å². The molecular weight excluding hydrogens is 460 g/mol. The van der Waals surface area contributed by atoms with E-state index in [1.165, 1.54) is 0 Å². The van der Waals surface area contributed by atoms with E-state index in [0.717, 1.165) is 48.2 Å². The van der Waals surface area contributed by atoms with Crippen LogP contribution in [0.15, 0.2) is 60.7 Å². The summed E-state index contributed by atoms with van der Waals surface area (Å²) >= 11 is 0. The summed E-state index contributed by atoms with van der Waals surface area (Å²) in [5, 5.41) is 7.89. The molecule has 1 heterocycles. The molecule has 0 fully saturated rings. The zero-order chi connectivity index (χ0) is 26.8. The van der Waals surface area contributed by atoms with Gasteiger partial charge in [0.25, 0.3) is 0 Å². The van der Waals surface area contributed by atoms with E-state index in [-0.39, 0.29) is 23.8 Å². The maximum Gasteiger partial charge on any atom is 0.245 e. The number of aryl methyl sites for hydroxylation is 1. The van der Waals surface area contributed by atoms with Crippen LogP contribution in [-0.2, 0) is 21.4 Å². The van der Waals surface area contributed by atoms with Crippen molar-refractivity contribution in [2.45, 2.75) is 78.6 Å². The Kier molecular flexibility index (Phi) is 10.1. The lowest BCUT2D eigenvalue weighted by molar-refractivity contribution is -0.134. The number of unbranched alkanes of at least 4 members (excludes halogenated alkanes) is 3. The molecule has 0 aliphatic rings. The smallest absolute Gasteiger partial charge is 0.245 e. The highest BCUT2D eigenvalue weighted by Gasteiger charge is 2.23. The van der Waals surface area contributed by atoms with Crippen LogP contribution in [0.2, 0.25) is 0 Å². The molecule has 0 saturated carbocycles. The number of para-hydroxylation sites is 1. The van der Waals surface area contributed by atoms with Gasteiger partial charge in [-0.15, -0.1) is 0 Å². The van der Waals surface area contributed by atoms with Crippen LogP contribution < -0.4 is 5.32 Å². The molecule has 0 aliphatic heterocycles. The normalized spacial score (nSPS) is 11.4. The molecule has 0 bridgehead atoms. The average Bonchev–Trinajstić information content (AvgIpc) is 3.29. The first-order valence-corrected chi connectivity index (χ1v) is 13.5. The number of carbonyl (C=O) groups is 2. The summed E-state index contributed by atoms with van der Waals surface area (Å²) in [7, 11) is 0. The number of nitrogens with zero attached hydrogens (tertiary/aromatic N) is 3. The van der Waals surface area contributed by atoms with E-state index in [1.807, 2.05) is 55.5 Å². The number of aromatic nitrogens is 2. The Hall–Kier alpha value is -3.41. The van der Waals surface area contributed by atoms with Gasteiger partial charge in [0.1, 0.15) is 5.82 Å². The first-order valence-electron chi connectivity index (χ1n) is 13.5.